The van der Waals surface area contributed by atoms with E-state index in [1.807, 2.05) is 0 Å². The van der Waals surface area contributed by atoms with E-state index in [4.69, 9.17) is 0 Å². The van der Waals surface area contributed by atoms with Crippen molar-refractivity contribution in [3.8, 4) is 0 Å². The van der Waals surface area contributed by atoms with Crippen LogP contribution < -0.4 is 0 Å². The molecule has 2 nitrogen and oxygen atoms in total. The number of carbonyl (C=O) groups is 1. The minimum atomic E-state index is -4.34. The summed E-state index contributed by atoms with van der Waals surface area (Å²) in [7, 11) is 1.27. The van der Waals surface area contributed by atoms with Crippen LogP contribution in [0.15, 0.2) is 42.0 Å². The molecule has 20 heavy (non-hydrogen) atoms. The van der Waals surface area contributed by atoms with Gasteiger partial charge >= 0.3 is 12.1 Å². The Morgan fingerprint density at radius 2 is 1.90 bits per heavy atom. The summed E-state index contributed by atoms with van der Waals surface area (Å²) in [5.41, 5.74) is -1.36. The second-order valence-corrected chi connectivity index (χ2v) is 4.77. The standard InChI is InChI=1S/C15H15F3O2/c1-20-13(19)9-5-8-12-10-14(12,15(16,17)18)11-6-3-2-4-7-11/h2-4,6-7,10H,5,8-9H2,1H3/t14-/m1/s1. The Kier molecular flexibility index (Phi) is 3.88. The van der Waals surface area contributed by atoms with Crippen LogP contribution in [0.25, 0.3) is 0 Å². The summed E-state index contributed by atoms with van der Waals surface area (Å²) < 4.78 is 44.5. The van der Waals surface area contributed by atoms with E-state index in [0.717, 1.165) is 0 Å². The summed E-state index contributed by atoms with van der Waals surface area (Å²) in [4.78, 5) is 11.0. The molecule has 1 aliphatic rings. The molecule has 0 N–H and O–H groups in total. The van der Waals surface area contributed by atoms with Gasteiger partial charge in [0.2, 0.25) is 0 Å². The first-order valence-corrected chi connectivity index (χ1v) is 6.33. The Morgan fingerprint density at radius 3 is 2.45 bits per heavy atom. The lowest BCUT2D eigenvalue weighted by Gasteiger charge is -2.23. The Labute approximate surface area is 115 Å². The third-order valence-corrected chi connectivity index (χ3v) is 3.54. The van der Waals surface area contributed by atoms with Crippen molar-refractivity contribution in [3.05, 3.63) is 47.5 Å². The van der Waals surface area contributed by atoms with Crippen LogP contribution >= 0.6 is 0 Å². The first-order valence-electron chi connectivity index (χ1n) is 6.33. The van der Waals surface area contributed by atoms with Crippen molar-refractivity contribution in [2.24, 2.45) is 0 Å². The fourth-order valence-corrected chi connectivity index (χ4v) is 2.42. The number of alkyl halides is 3. The van der Waals surface area contributed by atoms with E-state index in [1.54, 1.807) is 18.2 Å². The van der Waals surface area contributed by atoms with Crippen molar-refractivity contribution in [2.45, 2.75) is 30.9 Å². The average molecular weight is 284 g/mol. The van der Waals surface area contributed by atoms with Crippen LogP contribution in [-0.4, -0.2) is 19.3 Å². The number of carbonyl (C=O) groups excluding carboxylic acids is 1. The number of ether oxygens (including phenoxy) is 1. The van der Waals surface area contributed by atoms with Gasteiger partial charge in [-0.15, -0.1) is 0 Å². The van der Waals surface area contributed by atoms with Crippen LogP contribution in [0.5, 0.6) is 0 Å². The number of methoxy groups -OCH3 is 1. The number of benzene rings is 1. The highest BCUT2D eigenvalue weighted by Crippen LogP contribution is 2.58. The number of hydrogen-bond donors (Lipinski definition) is 0. The van der Waals surface area contributed by atoms with Gasteiger partial charge in [-0.2, -0.15) is 13.2 Å². The summed E-state index contributed by atoms with van der Waals surface area (Å²) in [6.45, 7) is 0. The van der Waals surface area contributed by atoms with Gasteiger partial charge < -0.3 is 4.74 Å². The van der Waals surface area contributed by atoms with Crippen LogP contribution in [0.4, 0.5) is 13.2 Å². The second-order valence-electron chi connectivity index (χ2n) is 4.77. The smallest absolute Gasteiger partial charge is 0.405 e. The highest BCUT2D eigenvalue weighted by Gasteiger charge is 2.64. The van der Waals surface area contributed by atoms with Crippen molar-refractivity contribution in [3.63, 3.8) is 0 Å². The van der Waals surface area contributed by atoms with Gasteiger partial charge in [-0.1, -0.05) is 36.4 Å². The van der Waals surface area contributed by atoms with E-state index in [0.29, 0.717) is 12.0 Å². The van der Waals surface area contributed by atoms with Gasteiger partial charge in [0.05, 0.1) is 7.11 Å². The minimum absolute atomic E-state index is 0.135. The molecule has 0 unspecified atom stereocenters. The molecule has 5 heteroatoms. The molecule has 2 rings (SSSR count). The highest BCUT2D eigenvalue weighted by atomic mass is 19.4. The molecule has 1 aliphatic carbocycles. The lowest BCUT2D eigenvalue weighted by molar-refractivity contribution is -0.155. The Hall–Kier alpha value is -1.78. The second kappa shape index (κ2) is 5.31. The normalized spacial score (nSPS) is 21.3. The number of allylic oxidation sites excluding steroid dienone is 2. The first-order chi connectivity index (χ1) is 9.41. The topological polar surface area (TPSA) is 26.3 Å². The van der Waals surface area contributed by atoms with Crippen LogP contribution in [0.2, 0.25) is 0 Å². The van der Waals surface area contributed by atoms with Gasteiger partial charge in [0.15, 0.2) is 0 Å². The molecule has 0 bridgehead atoms. The molecule has 1 aromatic rings. The Bertz CT molecular complexity index is 520. The molecule has 0 saturated heterocycles. The van der Waals surface area contributed by atoms with Gasteiger partial charge in [-0.25, -0.2) is 0 Å². The molecule has 0 amide bonds. The number of esters is 1. The Morgan fingerprint density at radius 1 is 1.25 bits per heavy atom. The molecule has 1 atom stereocenters. The summed E-state index contributed by atoms with van der Waals surface area (Å²) >= 11 is 0. The van der Waals surface area contributed by atoms with Crippen molar-refractivity contribution in [2.75, 3.05) is 7.11 Å². The molecule has 0 fully saturated rings. The Balaban J connectivity index is 2.06. The zero-order chi connectivity index (χ0) is 14.8. The maximum absolute atomic E-state index is 13.3. The number of rotatable bonds is 5. The van der Waals surface area contributed by atoms with Crippen LogP contribution in [0.1, 0.15) is 24.8 Å². The first kappa shape index (κ1) is 14.6. The van der Waals surface area contributed by atoms with Gasteiger partial charge in [0.25, 0.3) is 0 Å². The van der Waals surface area contributed by atoms with E-state index in [9.17, 15) is 18.0 Å². The van der Waals surface area contributed by atoms with Gasteiger partial charge in [-0.05, 0) is 24.0 Å². The molecule has 0 radical (unpaired) electrons. The van der Waals surface area contributed by atoms with Crippen LogP contribution in [0, 0.1) is 0 Å². The van der Waals surface area contributed by atoms with Gasteiger partial charge in [0, 0.05) is 6.42 Å². The molecule has 0 aliphatic heterocycles. The lowest BCUT2D eigenvalue weighted by Crippen LogP contribution is -2.32. The maximum atomic E-state index is 13.3. The third-order valence-electron chi connectivity index (χ3n) is 3.54. The van der Waals surface area contributed by atoms with Crippen LogP contribution in [-0.2, 0) is 14.9 Å². The molecular formula is C15H15F3O2. The zero-order valence-electron chi connectivity index (χ0n) is 11.0. The zero-order valence-corrected chi connectivity index (χ0v) is 11.0. The van der Waals surface area contributed by atoms with E-state index in [2.05, 4.69) is 4.74 Å². The molecule has 0 saturated carbocycles. The fourth-order valence-electron chi connectivity index (χ4n) is 2.42. The molecular weight excluding hydrogens is 269 g/mol. The van der Waals surface area contributed by atoms with Gasteiger partial charge in [0.1, 0.15) is 5.41 Å². The predicted molar refractivity (Wildman–Crippen MR) is 68.1 cm³/mol. The SMILES string of the molecule is COC(=O)CCCC1=C[C@]1(c1ccccc1)C(F)(F)F. The monoisotopic (exact) mass is 284 g/mol. The number of halogens is 3. The van der Waals surface area contributed by atoms with E-state index < -0.39 is 17.6 Å². The lowest BCUT2D eigenvalue weighted by atomic mass is 9.88. The van der Waals surface area contributed by atoms with Crippen molar-refractivity contribution >= 4 is 5.97 Å². The minimum Gasteiger partial charge on any atom is -0.469 e. The summed E-state index contributed by atoms with van der Waals surface area (Å²) in [5, 5.41) is 0. The molecule has 0 aromatic heterocycles. The maximum Gasteiger partial charge on any atom is 0.405 e. The largest absolute Gasteiger partial charge is 0.469 e. The molecule has 0 heterocycles. The molecule has 0 spiro atoms. The number of hydrogen-bond acceptors (Lipinski definition) is 2. The quantitative estimate of drug-likeness (QED) is 0.607. The molecule has 108 valence electrons. The summed E-state index contributed by atoms with van der Waals surface area (Å²) in [6.07, 6.45) is -2.34. The predicted octanol–water partition coefficient (Wildman–Crippen LogP) is 3.77. The summed E-state index contributed by atoms with van der Waals surface area (Å²) in [5.74, 6) is -0.399. The third kappa shape index (κ3) is 2.57. The van der Waals surface area contributed by atoms with E-state index in [-0.39, 0.29) is 18.4 Å². The highest BCUT2D eigenvalue weighted by molar-refractivity contribution is 5.69. The molecule has 1 aromatic carbocycles. The fraction of sp³-hybridized carbons (Fsp3) is 0.400. The van der Waals surface area contributed by atoms with E-state index >= 15 is 0 Å². The average Bonchev–Trinajstić information content (AvgIpc) is 3.15. The summed E-state index contributed by atoms with van der Waals surface area (Å²) in [6, 6.07) is 7.85. The van der Waals surface area contributed by atoms with E-state index in [1.165, 1.54) is 25.3 Å². The van der Waals surface area contributed by atoms with Crippen molar-refractivity contribution in [1.29, 1.82) is 0 Å². The van der Waals surface area contributed by atoms with Gasteiger partial charge in [-0.3, -0.25) is 4.79 Å². The van der Waals surface area contributed by atoms with Crippen molar-refractivity contribution in [1.82, 2.24) is 0 Å². The van der Waals surface area contributed by atoms with Crippen molar-refractivity contribution < 1.29 is 22.7 Å². The van der Waals surface area contributed by atoms with Crippen LogP contribution in [0.3, 0.4) is 0 Å².